The van der Waals surface area contributed by atoms with Crippen molar-refractivity contribution in [2.75, 3.05) is 11.9 Å². The molecule has 0 saturated carbocycles. The van der Waals surface area contributed by atoms with Crippen LogP contribution in [-0.4, -0.2) is 17.6 Å². The molecule has 2 aromatic rings. The Bertz CT molecular complexity index is 599. The second-order valence-corrected chi connectivity index (χ2v) is 4.46. The zero-order valence-corrected chi connectivity index (χ0v) is 10.2. The molecule has 1 aromatic heterocycles. The third kappa shape index (κ3) is 2.50. The fourth-order valence-corrected chi connectivity index (χ4v) is 2.50. The minimum atomic E-state index is -0.950. The summed E-state index contributed by atoms with van der Waals surface area (Å²) in [7, 11) is 0. The minimum absolute atomic E-state index is 0.191. The number of carboxylic acid groups (broad SMARTS) is 1. The SMILES string of the molecule is N#Cc1c(-c2ccccc2)csc1NCC(=O)O. The van der Waals surface area contributed by atoms with Crippen LogP contribution >= 0.6 is 11.3 Å². The summed E-state index contributed by atoms with van der Waals surface area (Å²) in [5.74, 6) is -0.950. The van der Waals surface area contributed by atoms with Gasteiger partial charge in [0, 0.05) is 10.9 Å². The molecule has 5 heteroatoms. The number of hydrogen-bond acceptors (Lipinski definition) is 4. The zero-order valence-electron chi connectivity index (χ0n) is 9.38. The Kier molecular flexibility index (Phi) is 3.60. The minimum Gasteiger partial charge on any atom is -0.480 e. The van der Waals surface area contributed by atoms with Crippen LogP contribution in [0.5, 0.6) is 0 Å². The first-order valence-corrected chi connectivity index (χ1v) is 6.13. The molecule has 0 saturated heterocycles. The molecule has 0 radical (unpaired) electrons. The van der Waals surface area contributed by atoms with E-state index >= 15 is 0 Å². The number of rotatable bonds is 4. The number of nitrogens with zero attached hydrogens (tertiary/aromatic N) is 1. The molecule has 0 aliphatic carbocycles. The molecule has 0 amide bonds. The zero-order chi connectivity index (χ0) is 13.0. The van der Waals surface area contributed by atoms with Crippen LogP contribution in [0.2, 0.25) is 0 Å². The van der Waals surface area contributed by atoms with Gasteiger partial charge in [-0.2, -0.15) is 5.26 Å². The van der Waals surface area contributed by atoms with Crippen LogP contribution in [0.1, 0.15) is 5.56 Å². The number of hydrogen-bond donors (Lipinski definition) is 2. The topological polar surface area (TPSA) is 73.1 Å². The number of aliphatic carboxylic acids is 1. The van der Waals surface area contributed by atoms with Gasteiger partial charge in [0.2, 0.25) is 0 Å². The second-order valence-electron chi connectivity index (χ2n) is 3.58. The molecule has 4 nitrogen and oxygen atoms in total. The number of nitrogens with one attached hydrogen (secondary N) is 1. The lowest BCUT2D eigenvalue weighted by molar-refractivity contribution is -0.134. The summed E-state index contributed by atoms with van der Waals surface area (Å²) in [6.07, 6.45) is 0. The van der Waals surface area contributed by atoms with Crippen LogP contribution in [-0.2, 0) is 4.79 Å². The first-order chi connectivity index (χ1) is 8.72. The molecule has 18 heavy (non-hydrogen) atoms. The van der Waals surface area contributed by atoms with E-state index < -0.39 is 5.97 Å². The molecule has 1 heterocycles. The van der Waals surface area contributed by atoms with E-state index in [0.717, 1.165) is 11.1 Å². The second kappa shape index (κ2) is 5.34. The molecule has 0 aliphatic heterocycles. The maximum absolute atomic E-state index is 10.5. The fourth-order valence-electron chi connectivity index (χ4n) is 1.59. The van der Waals surface area contributed by atoms with Crippen LogP contribution in [0.15, 0.2) is 35.7 Å². The highest BCUT2D eigenvalue weighted by Crippen LogP contribution is 2.34. The normalized spacial score (nSPS) is 9.72. The Balaban J connectivity index is 2.34. The Morgan fingerprint density at radius 1 is 1.39 bits per heavy atom. The number of benzene rings is 1. The van der Waals surface area contributed by atoms with E-state index in [9.17, 15) is 10.1 Å². The molecule has 1 aromatic carbocycles. The van der Waals surface area contributed by atoms with Gasteiger partial charge in [0.15, 0.2) is 0 Å². The van der Waals surface area contributed by atoms with Crippen molar-refractivity contribution in [2.45, 2.75) is 0 Å². The molecule has 90 valence electrons. The van der Waals surface area contributed by atoms with Gasteiger partial charge in [-0.05, 0) is 5.56 Å². The summed E-state index contributed by atoms with van der Waals surface area (Å²) >= 11 is 1.34. The van der Waals surface area contributed by atoms with E-state index in [1.165, 1.54) is 11.3 Å². The number of nitriles is 1. The average Bonchev–Trinajstić information content (AvgIpc) is 2.80. The highest BCUT2D eigenvalue weighted by atomic mass is 32.1. The molecule has 0 unspecified atom stereocenters. The van der Waals surface area contributed by atoms with E-state index in [1.807, 2.05) is 35.7 Å². The molecule has 2 rings (SSSR count). The van der Waals surface area contributed by atoms with Crippen LogP contribution in [0.3, 0.4) is 0 Å². The van der Waals surface area contributed by atoms with Crippen molar-refractivity contribution in [1.29, 1.82) is 5.26 Å². The van der Waals surface area contributed by atoms with Crippen molar-refractivity contribution >= 4 is 22.3 Å². The number of anilines is 1. The standard InChI is InChI=1S/C13H10N2O2S/c14-6-10-11(9-4-2-1-3-5-9)8-18-13(10)15-7-12(16)17/h1-5,8,15H,7H2,(H,16,17). The van der Waals surface area contributed by atoms with Crippen LogP contribution in [0.4, 0.5) is 5.00 Å². The van der Waals surface area contributed by atoms with E-state index in [2.05, 4.69) is 11.4 Å². The lowest BCUT2D eigenvalue weighted by Gasteiger charge is -2.01. The van der Waals surface area contributed by atoms with E-state index in [1.54, 1.807) is 0 Å². The summed E-state index contributed by atoms with van der Waals surface area (Å²) < 4.78 is 0. The maximum Gasteiger partial charge on any atom is 0.322 e. The largest absolute Gasteiger partial charge is 0.480 e. The Hall–Kier alpha value is -2.32. The lowest BCUT2D eigenvalue weighted by Crippen LogP contribution is -2.12. The monoisotopic (exact) mass is 258 g/mol. The van der Waals surface area contributed by atoms with Crippen LogP contribution in [0.25, 0.3) is 11.1 Å². The van der Waals surface area contributed by atoms with Gasteiger partial charge >= 0.3 is 5.97 Å². The third-order valence-electron chi connectivity index (χ3n) is 2.39. The average molecular weight is 258 g/mol. The first-order valence-electron chi connectivity index (χ1n) is 5.25. The van der Waals surface area contributed by atoms with Gasteiger partial charge < -0.3 is 10.4 Å². The Morgan fingerprint density at radius 2 is 2.11 bits per heavy atom. The van der Waals surface area contributed by atoms with Crippen LogP contribution < -0.4 is 5.32 Å². The van der Waals surface area contributed by atoms with Gasteiger partial charge in [0.1, 0.15) is 17.6 Å². The highest BCUT2D eigenvalue weighted by molar-refractivity contribution is 7.15. The summed E-state index contributed by atoms with van der Waals surface area (Å²) in [4.78, 5) is 10.5. The summed E-state index contributed by atoms with van der Waals surface area (Å²) in [5.41, 5.74) is 2.28. The van der Waals surface area contributed by atoms with Gasteiger partial charge in [-0.15, -0.1) is 11.3 Å². The highest BCUT2D eigenvalue weighted by Gasteiger charge is 2.13. The Labute approximate surface area is 108 Å². The lowest BCUT2D eigenvalue weighted by atomic mass is 10.1. The fraction of sp³-hybridized carbons (Fsp3) is 0.0769. The van der Waals surface area contributed by atoms with Gasteiger partial charge in [0.25, 0.3) is 0 Å². The van der Waals surface area contributed by atoms with Gasteiger partial charge in [-0.3, -0.25) is 4.79 Å². The molecule has 2 N–H and O–H groups in total. The van der Waals surface area contributed by atoms with Crippen molar-refractivity contribution in [3.8, 4) is 17.2 Å². The maximum atomic E-state index is 10.5. The summed E-state index contributed by atoms with van der Waals surface area (Å²) in [6, 6.07) is 11.7. The molecular formula is C13H10N2O2S. The molecule has 0 bridgehead atoms. The quantitative estimate of drug-likeness (QED) is 0.884. The summed E-state index contributed by atoms with van der Waals surface area (Å²) in [6.45, 7) is -0.191. The van der Waals surface area contributed by atoms with E-state index in [0.29, 0.717) is 10.6 Å². The van der Waals surface area contributed by atoms with Crippen LogP contribution in [0, 0.1) is 11.3 Å². The van der Waals surface area contributed by atoms with Crippen molar-refractivity contribution in [3.63, 3.8) is 0 Å². The number of carbonyl (C=O) groups is 1. The molecule has 0 aliphatic rings. The first kappa shape index (κ1) is 12.1. The predicted molar refractivity (Wildman–Crippen MR) is 70.6 cm³/mol. The van der Waals surface area contributed by atoms with Crippen molar-refractivity contribution in [3.05, 3.63) is 41.3 Å². The van der Waals surface area contributed by atoms with E-state index in [-0.39, 0.29) is 6.54 Å². The molecule has 0 spiro atoms. The van der Waals surface area contributed by atoms with Gasteiger partial charge in [-0.1, -0.05) is 30.3 Å². The summed E-state index contributed by atoms with van der Waals surface area (Å²) in [5, 5.41) is 23.0. The van der Waals surface area contributed by atoms with Gasteiger partial charge in [0.05, 0.1) is 5.56 Å². The van der Waals surface area contributed by atoms with Crippen molar-refractivity contribution in [2.24, 2.45) is 0 Å². The smallest absolute Gasteiger partial charge is 0.322 e. The number of thiophene rings is 1. The van der Waals surface area contributed by atoms with Crippen molar-refractivity contribution < 1.29 is 9.90 Å². The molecule has 0 atom stereocenters. The number of carboxylic acids is 1. The predicted octanol–water partition coefficient (Wildman–Crippen LogP) is 2.78. The third-order valence-corrected chi connectivity index (χ3v) is 3.33. The molecular weight excluding hydrogens is 248 g/mol. The van der Waals surface area contributed by atoms with Gasteiger partial charge in [-0.25, -0.2) is 0 Å². The Morgan fingerprint density at radius 3 is 2.72 bits per heavy atom. The van der Waals surface area contributed by atoms with E-state index in [4.69, 9.17) is 5.11 Å². The van der Waals surface area contributed by atoms with Crippen molar-refractivity contribution in [1.82, 2.24) is 0 Å². The molecule has 0 fully saturated rings.